The number of halogens is 1. The third-order valence-corrected chi connectivity index (χ3v) is 6.98. The lowest BCUT2D eigenvalue weighted by atomic mass is 10.0. The maximum absolute atomic E-state index is 15.6. The van der Waals surface area contributed by atoms with E-state index in [-0.39, 0.29) is 39.2 Å². The minimum absolute atomic E-state index is 0.0219. The maximum Gasteiger partial charge on any atom is 0.200 e. The molecule has 1 unspecified atom stereocenters. The summed E-state index contributed by atoms with van der Waals surface area (Å²) in [5.41, 5.74) is 0.596. The molecule has 2 heterocycles. The van der Waals surface area contributed by atoms with Gasteiger partial charge in [0.15, 0.2) is 17.3 Å². The minimum atomic E-state index is -0.586. The van der Waals surface area contributed by atoms with Crippen molar-refractivity contribution in [3.63, 3.8) is 0 Å². The van der Waals surface area contributed by atoms with Gasteiger partial charge in [-0.05, 0) is 49.6 Å². The number of ketones is 1. The van der Waals surface area contributed by atoms with Crippen LogP contribution in [0.5, 0.6) is 5.75 Å². The summed E-state index contributed by atoms with van der Waals surface area (Å²) < 4.78 is 23.2. The molecule has 2 fully saturated rings. The highest BCUT2D eigenvalue weighted by atomic mass is 19.1. The molecule has 38 heavy (non-hydrogen) atoms. The Balaban J connectivity index is 1.63. The van der Waals surface area contributed by atoms with Gasteiger partial charge in [-0.2, -0.15) is 0 Å². The summed E-state index contributed by atoms with van der Waals surface area (Å²) in [5, 5.41) is 3.51. The third-order valence-electron chi connectivity index (χ3n) is 6.98. The molecule has 1 N–H and O–H groups in total. The molecule has 1 saturated carbocycles. The summed E-state index contributed by atoms with van der Waals surface area (Å²) in [6, 6.07) is 5.79. The lowest BCUT2D eigenvalue weighted by molar-refractivity contribution is 0.104. The molecule has 3 aromatic rings. The second kappa shape index (κ2) is 10.2. The van der Waals surface area contributed by atoms with E-state index >= 15 is 4.39 Å². The van der Waals surface area contributed by atoms with E-state index < -0.39 is 17.0 Å². The van der Waals surface area contributed by atoms with Gasteiger partial charge in [-0.1, -0.05) is 12.1 Å². The van der Waals surface area contributed by atoms with Crippen LogP contribution in [0, 0.1) is 5.82 Å². The van der Waals surface area contributed by atoms with Gasteiger partial charge in [-0.25, -0.2) is 14.0 Å². The van der Waals surface area contributed by atoms with Crippen LogP contribution in [0.1, 0.15) is 41.7 Å². The Morgan fingerprint density at radius 3 is 2.61 bits per heavy atom. The number of benzene rings is 2. The SMILES string of the molecule is COc1c(N2CCNC(C)C2)c(F)cc2c(=O)c(C(=O)/C=C/c3ccc(=C=O)c(=C=O)c3)cn(C3CC3)c12. The van der Waals surface area contributed by atoms with Crippen LogP contribution in [0.2, 0.25) is 0 Å². The molecular weight excluding hydrogens is 489 g/mol. The first kappa shape index (κ1) is 25.4. The molecule has 1 aromatic heterocycles. The van der Waals surface area contributed by atoms with Gasteiger partial charge in [0.25, 0.3) is 0 Å². The summed E-state index contributed by atoms with van der Waals surface area (Å²) in [7, 11) is 1.46. The van der Waals surface area contributed by atoms with Gasteiger partial charge in [-0.15, -0.1) is 0 Å². The van der Waals surface area contributed by atoms with Crippen molar-refractivity contribution < 1.29 is 23.5 Å². The number of allylic oxidation sites excluding steroid dienone is 1. The van der Waals surface area contributed by atoms with Crippen LogP contribution in [0.3, 0.4) is 0 Å². The molecule has 9 heteroatoms. The molecule has 0 amide bonds. The van der Waals surface area contributed by atoms with Gasteiger partial charge in [0, 0.05) is 37.9 Å². The van der Waals surface area contributed by atoms with E-state index in [1.54, 1.807) is 17.9 Å². The zero-order chi connectivity index (χ0) is 27.0. The average molecular weight is 516 g/mol. The fourth-order valence-electron chi connectivity index (χ4n) is 4.98. The molecule has 194 valence electrons. The van der Waals surface area contributed by atoms with Gasteiger partial charge in [-0.3, -0.25) is 9.59 Å². The van der Waals surface area contributed by atoms with Gasteiger partial charge in [0.2, 0.25) is 5.43 Å². The lowest BCUT2D eigenvalue weighted by Crippen LogP contribution is -2.49. The second-order valence-electron chi connectivity index (χ2n) is 9.65. The summed E-state index contributed by atoms with van der Waals surface area (Å²) in [4.78, 5) is 50.6. The quantitative estimate of drug-likeness (QED) is 0.389. The smallest absolute Gasteiger partial charge is 0.200 e. The van der Waals surface area contributed by atoms with Crippen LogP contribution in [-0.2, 0) is 9.59 Å². The fourth-order valence-corrected chi connectivity index (χ4v) is 4.98. The number of pyridine rings is 1. The minimum Gasteiger partial charge on any atom is -0.492 e. The molecular formula is C29H26FN3O5. The molecule has 1 aliphatic heterocycles. The van der Waals surface area contributed by atoms with Crippen molar-refractivity contribution in [2.45, 2.75) is 31.8 Å². The van der Waals surface area contributed by atoms with Crippen molar-refractivity contribution in [3.05, 3.63) is 74.1 Å². The average Bonchev–Trinajstić information content (AvgIpc) is 3.76. The Kier molecular flexibility index (Phi) is 6.83. The number of hydrogen-bond donors (Lipinski definition) is 1. The van der Waals surface area contributed by atoms with E-state index in [4.69, 9.17) is 4.74 Å². The second-order valence-corrected chi connectivity index (χ2v) is 9.65. The standard InChI is InChI=1S/C29H26FN3O5/c1-17-13-32(10-9-31-17)27-24(30)12-22-26(29(27)38-2)33(21-6-7-21)14-23(28(22)37)25(36)8-4-18-3-5-19(15-34)20(11-18)16-35/h3-5,8,11-12,14,17,21,31H,6-7,9-10,13H2,1-2H3/b8-4+. The number of piperazine rings is 1. The summed E-state index contributed by atoms with van der Waals surface area (Å²) in [6.07, 6.45) is 5.94. The number of methoxy groups -OCH3 is 1. The first-order valence-corrected chi connectivity index (χ1v) is 12.4. The van der Waals surface area contributed by atoms with Gasteiger partial charge >= 0.3 is 0 Å². The van der Waals surface area contributed by atoms with Crippen molar-refractivity contribution >= 4 is 40.3 Å². The van der Waals surface area contributed by atoms with Gasteiger partial charge in [0.05, 0.1) is 34.0 Å². The highest BCUT2D eigenvalue weighted by molar-refractivity contribution is 6.08. The summed E-state index contributed by atoms with van der Waals surface area (Å²) in [5.74, 6) is 2.48. The zero-order valence-corrected chi connectivity index (χ0v) is 21.0. The number of carbonyl (C=O) groups is 1. The van der Waals surface area contributed by atoms with Crippen LogP contribution in [0.4, 0.5) is 10.1 Å². The number of anilines is 1. The molecule has 1 saturated heterocycles. The maximum atomic E-state index is 15.6. The Bertz CT molecular complexity index is 1710. The van der Waals surface area contributed by atoms with Crippen molar-refractivity contribution in [2.75, 3.05) is 31.6 Å². The summed E-state index contributed by atoms with van der Waals surface area (Å²) in [6.45, 7) is 3.90. The normalized spacial score (nSPS) is 17.4. The predicted molar refractivity (Wildman–Crippen MR) is 141 cm³/mol. The molecule has 0 bridgehead atoms. The van der Waals surface area contributed by atoms with Crippen LogP contribution < -0.4 is 30.8 Å². The number of hydrogen-bond acceptors (Lipinski definition) is 7. The molecule has 1 atom stereocenters. The third kappa shape index (κ3) is 4.59. The first-order valence-electron chi connectivity index (χ1n) is 12.4. The van der Waals surface area contributed by atoms with E-state index in [9.17, 15) is 19.2 Å². The van der Waals surface area contributed by atoms with Crippen LogP contribution >= 0.6 is 0 Å². The Morgan fingerprint density at radius 2 is 1.95 bits per heavy atom. The van der Waals surface area contributed by atoms with E-state index in [2.05, 4.69) is 5.32 Å². The molecule has 2 aliphatic rings. The number of rotatable bonds is 6. The Labute approximate surface area is 217 Å². The van der Waals surface area contributed by atoms with Crippen LogP contribution in [-0.4, -0.2) is 55.0 Å². The first-order chi connectivity index (χ1) is 18.4. The topological polar surface area (TPSA) is 97.7 Å². The van der Waals surface area contributed by atoms with E-state index in [1.807, 2.05) is 16.4 Å². The van der Waals surface area contributed by atoms with Crippen molar-refractivity contribution in [1.29, 1.82) is 0 Å². The van der Waals surface area contributed by atoms with Gasteiger partial charge < -0.3 is 19.5 Å². The number of nitrogens with zero attached hydrogens (tertiary/aromatic N) is 2. The number of aromatic nitrogens is 1. The molecule has 0 spiro atoms. The highest BCUT2D eigenvalue weighted by Crippen LogP contribution is 2.43. The highest BCUT2D eigenvalue weighted by Gasteiger charge is 2.31. The number of ether oxygens (including phenoxy) is 1. The van der Waals surface area contributed by atoms with Crippen LogP contribution in [0.25, 0.3) is 17.0 Å². The lowest BCUT2D eigenvalue weighted by Gasteiger charge is -2.35. The number of carbonyl (C=O) groups excluding carboxylic acids is 3. The van der Waals surface area contributed by atoms with E-state index in [0.29, 0.717) is 36.4 Å². The van der Waals surface area contributed by atoms with Crippen molar-refractivity contribution in [1.82, 2.24) is 9.88 Å². The molecule has 8 nitrogen and oxygen atoms in total. The molecule has 2 aromatic carbocycles. The van der Waals surface area contributed by atoms with Crippen molar-refractivity contribution in [3.8, 4) is 5.75 Å². The largest absolute Gasteiger partial charge is 0.492 e. The fraction of sp³-hybridized carbons (Fsp3) is 0.310. The molecule has 5 rings (SSSR count). The van der Waals surface area contributed by atoms with E-state index in [1.165, 1.54) is 43.7 Å². The predicted octanol–water partition coefficient (Wildman–Crippen LogP) is 1.18. The summed E-state index contributed by atoms with van der Waals surface area (Å²) >= 11 is 0. The van der Waals surface area contributed by atoms with E-state index in [0.717, 1.165) is 12.8 Å². The number of fused-ring (bicyclic) bond motifs is 1. The van der Waals surface area contributed by atoms with Crippen LogP contribution in [0.15, 0.2) is 41.3 Å². The molecule has 1 aliphatic carbocycles. The monoisotopic (exact) mass is 515 g/mol. The van der Waals surface area contributed by atoms with Gasteiger partial charge in [0.1, 0.15) is 17.6 Å². The Hall–Kier alpha value is -4.29. The Morgan fingerprint density at radius 1 is 1.18 bits per heavy atom. The number of nitrogens with one attached hydrogen (secondary N) is 1. The van der Waals surface area contributed by atoms with Crippen molar-refractivity contribution in [2.24, 2.45) is 0 Å². The zero-order valence-electron chi connectivity index (χ0n) is 21.0. The molecule has 0 radical (unpaired) electrons.